The van der Waals surface area contributed by atoms with Gasteiger partial charge < -0.3 is 31.1 Å². The molecule has 0 saturated carbocycles. The van der Waals surface area contributed by atoms with Crippen molar-refractivity contribution in [2.45, 2.75) is 76.5 Å². The molecule has 4 aliphatic heterocycles. The summed E-state index contributed by atoms with van der Waals surface area (Å²) in [7, 11) is 0. The minimum atomic E-state index is -0.585. The van der Waals surface area contributed by atoms with Crippen molar-refractivity contribution in [3.8, 4) is 23.3 Å². The van der Waals surface area contributed by atoms with Crippen LogP contribution in [0.2, 0.25) is 0 Å². The SMILES string of the molecule is CC1c2cnc(-c3ncccn3)nc2CCN1c1cc(F)cc(N2CCCC2C(N)=O)n1.CC1c2cnc(-c3ncccn3)nc2CCN1c1cc(N2CCCC2C(N)=O)cc(F)n1. The van der Waals surface area contributed by atoms with E-state index < -0.39 is 35.7 Å². The quantitative estimate of drug-likeness (QED) is 0.205. The van der Waals surface area contributed by atoms with Crippen LogP contribution in [0.25, 0.3) is 23.3 Å². The van der Waals surface area contributed by atoms with Gasteiger partial charge in [0.25, 0.3) is 0 Å². The second-order valence-electron chi connectivity index (χ2n) is 16.1. The Morgan fingerprint density at radius 2 is 1.03 bits per heavy atom. The third-order valence-corrected chi connectivity index (χ3v) is 12.3. The number of pyridine rings is 2. The van der Waals surface area contributed by atoms with Crippen LogP contribution in [0.3, 0.4) is 0 Å². The molecule has 6 aromatic heterocycles. The van der Waals surface area contributed by atoms with Crippen molar-refractivity contribution in [2.24, 2.45) is 11.5 Å². The van der Waals surface area contributed by atoms with E-state index in [0.29, 0.717) is 98.3 Å². The maximum absolute atomic E-state index is 14.6. The Bertz CT molecular complexity index is 2500. The number of fused-ring (bicyclic) bond motifs is 2. The molecule has 2 amide bonds. The van der Waals surface area contributed by atoms with Gasteiger partial charge in [-0.2, -0.15) is 4.39 Å². The minimum absolute atomic E-state index is 0.0999. The zero-order chi connectivity index (χ0) is 44.5. The van der Waals surface area contributed by atoms with Crippen LogP contribution in [0.15, 0.2) is 73.6 Å². The third kappa shape index (κ3) is 8.41. The van der Waals surface area contributed by atoms with E-state index >= 15 is 0 Å². The molecule has 328 valence electrons. The molecule has 0 aliphatic carbocycles. The van der Waals surface area contributed by atoms with Gasteiger partial charge in [-0.15, -0.1) is 0 Å². The van der Waals surface area contributed by atoms with Crippen LogP contribution in [0.1, 0.15) is 74.1 Å². The van der Waals surface area contributed by atoms with Crippen LogP contribution >= 0.6 is 0 Å². The number of hydrogen-bond acceptors (Lipinski definition) is 16. The van der Waals surface area contributed by atoms with E-state index in [-0.39, 0.29) is 12.1 Å². The normalized spacial score (nSPS) is 20.3. The minimum Gasteiger partial charge on any atom is -0.368 e. The molecule has 0 bridgehead atoms. The van der Waals surface area contributed by atoms with Gasteiger partial charge in [0.2, 0.25) is 17.8 Å². The highest BCUT2D eigenvalue weighted by molar-refractivity contribution is 5.85. The predicted molar refractivity (Wildman–Crippen MR) is 233 cm³/mol. The topological polar surface area (TPSA) is 228 Å². The molecule has 0 spiro atoms. The van der Waals surface area contributed by atoms with E-state index in [4.69, 9.17) is 16.5 Å². The Morgan fingerprint density at radius 3 is 1.55 bits per heavy atom. The first kappa shape index (κ1) is 41.9. The first-order valence-corrected chi connectivity index (χ1v) is 21.3. The number of nitrogens with two attached hydrogens (primary N) is 2. The monoisotopic (exact) mass is 868 g/mol. The molecule has 64 heavy (non-hydrogen) atoms. The molecule has 4 aliphatic rings. The van der Waals surface area contributed by atoms with Gasteiger partial charge in [-0.05, 0) is 51.7 Å². The zero-order valence-electron chi connectivity index (χ0n) is 35.3. The van der Waals surface area contributed by atoms with Gasteiger partial charge in [0, 0.05) is 117 Å². The van der Waals surface area contributed by atoms with E-state index in [1.807, 2.05) is 34.6 Å². The fourth-order valence-electron chi connectivity index (χ4n) is 9.05. The summed E-state index contributed by atoms with van der Waals surface area (Å²) in [6, 6.07) is 8.40. The Morgan fingerprint density at radius 1 is 0.562 bits per heavy atom. The van der Waals surface area contributed by atoms with Gasteiger partial charge >= 0.3 is 0 Å². The standard InChI is InChI=1S/2C22H23FN8O/c1-13-15-12-27-22(21-25-6-3-7-26-21)28-16(15)5-9-30(13)19-11-14(10-18(23)29-19)31-8-2-4-17(31)20(24)32;1-13-15-12-27-22(21-25-6-3-7-26-21)28-16(15)5-9-30(13)18-10-14(23)11-19(29-18)31-8-2-4-17(31)20(24)32/h2*3,6-7,10-13,17H,2,4-5,8-9H2,1H3,(H2,24,32). The molecule has 10 heterocycles. The fourth-order valence-corrected chi connectivity index (χ4v) is 9.05. The highest BCUT2D eigenvalue weighted by Crippen LogP contribution is 2.37. The summed E-state index contributed by atoms with van der Waals surface area (Å²) in [5, 5.41) is 0. The summed E-state index contributed by atoms with van der Waals surface area (Å²) in [4.78, 5) is 75.3. The van der Waals surface area contributed by atoms with Crippen molar-refractivity contribution in [2.75, 3.05) is 45.8 Å². The van der Waals surface area contributed by atoms with Crippen molar-refractivity contribution in [1.29, 1.82) is 0 Å². The van der Waals surface area contributed by atoms with Crippen LogP contribution in [0.5, 0.6) is 0 Å². The van der Waals surface area contributed by atoms with Gasteiger partial charge in [0.15, 0.2) is 23.3 Å². The van der Waals surface area contributed by atoms with E-state index in [0.717, 1.165) is 35.4 Å². The van der Waals surface area contributed by atoms with Crippen LogP contribution in [0.4, 0.5) is 31.9 Å². The van der Waals surface area contributed by atoms with Gasteiger partial charge in [-0.1, -0.05) is 0 Å². The molecule has 2 saturated heterocycles. The number of carbonyl (C=O) groups excluding carboxylic acids is 2. The molecular formula is C44H46F2N16O2. The number of hydrogen-bond donors (Lipinski definition) is 2. The van der Waals surface area contributed by atoms with Crippen molar-refractivity contribution >= 4 is 35.0 Å². The summed E-state index contributed by atoms with van der Waals surface area (Å²) in [5.41, 5.74) is 15.5. The van der Waals surface area contributed by atoms with Crippen molar-refractivity contribution in [3.63, 3.8) is 0 Å². The van der Waals surface area contributed by atoms with E-state index in [1.54, 1.807) is 54.2 Å². The number of aromatic nitrogens is 10. The lowest BCUT2D eigenvalue weighted by atomic mass is 9.99. The molecule has 4 N–H and O–H groups in total. The lowest BCUT2D eigenvalue weighted by Crippen LogP contribution is -2.41. The molecular weight excluding hydrogens is 823 g/mol. The summed E-state index contributed by atoms with van der Waals surface area (Å²) < 4.78 is 29.1. The number of primary amides is 2. The maximum Gasteiger partial charge on any atom is 0.240 e. The molecule has 4 unspecified atom stereocenters. The van der Waals surface area contributed by atoms with Crippen LogP contribution in [-0.2, 0) is 22.4 Å². The maximum atomic E-state index is 14.6. The lowest BCUT2D eigenvalue weighted by Gasteiger charge is -2.36. The van der Waals surface area contributed by atoms with Gasteiger partial charge in [0.1, 0.15) is 35.4 Å². The first-order chi connectivity index (χ1) is 31.0. The smallest absolute Gasteiger partial charge is 0.240 e. The van der Waals surface area contributed by atoms with Gasteiger partial charge in [-0.25, -0.2) is 54.2 Å². The van der Waals surface area contributed by atoms with E-state index in [9.17, 15) is 18.4 Å². The molecule has 18 nitrogen and oxygen atoms in total. The van der Waals surface area contributed by atoms with E-state index in [2.05, 4.69) is 44.9 Å². The number of amides is 2. The number of anilines is 4. The van der Waals surface area contributed by atoms with Crippen molar-refractivity contribution in [3.05, 3.63) is 108 Å². The number of nitrogens with zero attached hydrogens (tertiary/aromatic N) is 14. The number of carbonyl (C=O) groups is 2. The van der Waals surface area contributed by atoms with Crippen LogP contribution in [-0.4, -0.2) is 99.9 Å². The summed E-state index contributed by atoms with van der Waals surface area (Å²) in [5.74, 6) is 1.63. The molecule has 2 fully saturated rings. The van der Waals surface area contributed by atoms with Crippen LogP contribution < -0.4 is 31.1 Å². The second kappa shape index (κ2) is 17.8. The Kier molecular flexibility index (Phi) is 11.6. The van der Waals surface area contributed by atoms with Gasteiger partial charge in [-0.3, -0.25) is 9.59 Å². The van der Waals surface area contributed by atoms with Gasteiger partial charge in [0.05, 0.1) is 23.5 Å². The average Bonchev–Trinajstić information content (AvgIpc) is 4.02. The molecule has 6 aromatic rings. The highest BCUT2D eigenvalue weighted by atomic mass is 19.1. The predicted octanol–water partition coefficient (Wildman–Crippen LogP) is 4.09. The summed E-state index contributed by atoms with van der Waals surface area (Å²) in [6.07, 6.45) is 14.5. The summed E-state index contributed by atoms with van der Waals surface area (Å²) >= 11 is 0. The van der Waals surface area contributed by atoms with Crippen LogP contribution in [0, 0.1) is 11.8 Å². The first-order valence-electron chi connectivity index (χ1n) is 21.3. The summed E-state index contributed by atoms with van der Waals surface area (Å²) in [6.45, 7) is 6.57. The van der Waals surface area contributed by atoms with Crippen molar-refractivity contribution < 1.29 is 18.4 Å². The lowest BCUT2D eigenvalue weighted by molar-refractivity contribution is -0.119. The van der Waals surface area contributed by atoms with Crippen molar-refractivity contribution in [1.82, 2.24) is 49.8 Å². The third-order valence-electron chi connectivity index (χ3n) is 12.3. The molecule has 20 heteroatoms. The highest BCUT2D eigenvalue weighted by Gasteiger charge is 2.34. The second-order valence-corrected chi connectivity index (χ2v) is 16.1. The fraction of sp³-hybridized carbons (Fsp3) is 0.364. The average molecular weight is 869 g/mol. The number of rotatable bonds is 8. The molecule has 0 radical (unpaired) electrons. The molecule has 0 aromatic carbocycles. The Hall–Kier alpha value is -7.38. The Labute approximate surface area is 367 Å². The molecule has 4 atom stereocenters. The Balaban J connectivity index is 0.000000162. The zero-order valence-corrected chi connectivity index (χ0v) is 35.3. The largest absolute Gasteiger partial charge is 0.368 e. The van der Waals surface area contributed by atoms with E-state index in [1.165, 1.54) is 18.2 Å². The number of halogens is 2. The molecule has 10 rings (SSSR count).